The molecule has 6 atom stereocenters. The first kappa shape index (κ1) is 45.6. The second-order valence-electron chi connectivity index (χ2n) is 16.6. The van der Waals surface area contributed by atoms with E-state index in [4.69, 9.17) is 43.1 Å². The van der Waals surface area contributed by atoms with E-state index in [-0.39, 0.29) is 23.4 Å². The van der Waals surface area contributed by atoms with E-state index in [0.717, 1.165) is 22.7 Å². The minimum Gasteiger partial charge on any atom is -0.493 e. The van der Waals surface area contributed by atoms with Crippen molar-refractivity contribution >= 4 is 46.5 Å². The monoisotopic (exact) mass is 902 g/mol. The number of carbonyl (C=O) groups excluding carboxylic acids is 2. The van der Waals surface area contributed by atoms with Crippen molar-refractivity contribution in [1.29, 1.82) is 0 Å². The van der Waals surface area contributed by atoms with Gasteiger partial charge in [-0.1, -0.05) is 50.0 Å². The van der Waals surface area contributed by atoms with E-state index in [0.29, 0.717) is 80.8 Å². The first-order valence-electron chi connectivity index (χ1n) is 21.5. The third kappa shape index (κ3) is 10.7. The van der Waals surface area contributed by atoms with E-state index in [1.807, 2.05) is 81.4 Å². The predicted molar refractivity (Wildman–Crippen MR) is 241 cm³/mol. The van der Waals surface area contributed by atoms with Gasteiger partial charge in [0, 0.05) is 52.5 Å². The Labute approximate surface area is 377 Å². The van der Waals surface area contributed by atoms with E-state index in [1.165, 1.54) is 26.8 Å². The number of ether oxygens (including phenoxy) is 3. The molecule has 0 bridgehead atoms. The van der Waals surface area contributed by atoms with Gasteiger partial charge in [-0.25, -0.2) is 28.5 Å². The number of aromatic nitrogens is 6. The van der Waals surface area contributed by atoms with Crippen LogP contribution in [-0.2, 0) is 31.2 Å². The van der Waals surface area contributed by atoms with Gasteiger partial charge in [0.1, 0.15) is 42.5 Å². The number of nitrogens with one attached hydrogen (secondary N) is 2. The van der Waals surface area contributed by atoms with E-state index in [2.05, 4.69) is 25.8 Å². The van der Waals surface area contributed by atoms with Crippen LogP contribution in [-0.4, -0.2) is 96.9 Å². The summed E-state index contributed by atoms with van der Waals surface area (Å²) < 4.78 is 23.1. The minimum absolute atomic E-state index is 0.0520. The van der Waals surface area contributed by atoms with Gasteiger partial charge in [0.05, 0.1) is 37.5 Å². The van der Waals surface area contributed by atoms with Crippen molar-refractivity contribution in [3.05, 3.63) is 112 Å². The molecule has 4 heterocycles. The number of carbonyl (C=O) groups is 2. The summed E-state index contributed by atoms with van der Waals surface area (Å²) in [5.74, 6) is 0.0993. The molecule has 336 valence electrons. The molecule has 1 amide bonds. The molecular weight excluding hydrogens is 847 g/mol. The summed E-state index contributed by atoms with van der Waals surface area (Å²) in [6, 6.07) is 19.0. The van der Waals surface area contributed by atoms with Crippen molar-refractivity contribution < 1.29 is 23.8 Å². The fourth-order valence-electron chi connectivity index (χ4n) is 8.34. The van der Waals surface area contributed by atoms with Crippen LogP contribution < -0.4 is 26.8 Å². The van der Waals surface area contributed by atoms with Gasteiger partial charge >= 0.3 is 11.7 Å². The third-order valence-electron chi connectivity index (χ3n) is 11.9. The number of esters is 1. The van der Waals surface area contributed by atoms with Crippen LogP contribution in [0.5, 0.6) is 5.75 Å². The van der Waals surface area contributed by atoms with Gasteiger partial charge in [0.2, 0.25) is 5.91 Å². The fraction of sp³-hybridized carbons (Fsp3) is 0.467. The smallest absolute Gasteiger partial charge is 0.350 e. The summed E-state index contributed by atoms with van der Waals surface area (Å²) in [6.45, 7) is 10.6. The average molecular weight is 904 g/mol. The van der Waals surface area contributed by atoms with Crippen LogP contribution in [0.4, 0.5) is 11.4 Å². The molecule has 63 heavy (non-hydrogen) atoms. The van der Waals surface area contributed by atoms with Gasteiger partial charge in [-0.05, 0) is 99.2 Å². The highest BCUT2D eigenvalue weighted by atomic mass is 35.5. The summed E-state index contributed by atoms with van der Waals surface area (Å²) in [5, 5.41) is 16.6. The van der Waals surface area contributed by atoms with Gasteiger partial charge in [-0.2, -0.15) is 10.2 Å². The molecule has 16 nitrogen and oxygen atoms in total. The van der Waals surface area contributed by atoms with Crippen LogP contribution in [0.15, 0.2) is 90.5 Å². The number of likely N-dealkylation sites (tertiary alicyclic amines) is 1. The molecule has 5 aromatic rings. The first-order valence-corrected chi connectivity index (χ1v) is 22.3. The number of hydrogen-bond acceptors (Lipinski definition) is 12. The topological polar surface area (TPSA) is 186 Å². The average Bonchev–Trinajstić information content (AvgIpc) is 4.11. The number of benzene rings is 3. The highest BCUT2D eigenvalue weighted by Gasteiger charge is 2.44. The molecule has 2 aliphatic rings. The number of anilines is 2. The van der Waals surface area contributed by atoms with Crippen LogP contribution >= 0.6 is 23.2 Å². The van der Waals surface area contributed by atoms with Crippen LogP contribution in [0.2, 0.25) is 10.0 Å². The SMILES string of the molecule is CC[C@@H]([C@H](C)OC(=O)[C@@H]1CCCN1C(=O)[C@@H](N)C(C)C)n1ncn(-c2ccc(NCCNc3ccc(OC[C@@H]4CO[C@@](Cn5cncn5)(c5ccc(Cl)cc5Cl)C4)cc3)cc2)c1=O. The Bertz CT molecular complexity index is 2360. The number of nitrogens with zero attached hydrogens (tertiary/aromatic N) is 7. The summed E-state index contributed by atoms with van der Waals surface area (Å²) in [5.41, 5.74) is 8.44. The van der Waals surface area contributed by atoms with Crippen molar-refractivity contribution in [3.8, 4) is 11.4 Å². The minimum atomic E-state index is -0.695. The maximum Gasteiger partial charge on any atom is 0.350 e. The molecule has 2 aromatic heterocycles. The molecule has 7 rings (SSSR count). The van der Waals surface area contributed by atoms with Crippen LogP contribution in [0.25, 0.3) is 5.69 Å². The summed E-state index contributed by atoms with van der Waals surface area (Å²) >= 11 is 12.9. The standard InChI is InChI=1S/C45H56Cl2N10O6/c1-5-39(30(4)63-43(59)40-7-6-20-55(40)42(58)41(48)29(2)3)57-44(60)56(28-53-57)35-13-9-33(10-14-35)50-18-19-51-34-11-15-36(16-12-34)61-23-31-22-45(62-24-31,25-54-27-49-26-52-54)37-17-8-32(46)21-38(37)47/h8-17,21,26-31,39-41,50-51H,5-7,18-20,22-25,48H2,1-4H3/t30-,31+,39-,40-,41-,45-/m0/s1. The Kier molecular flexibility index (Phi) is 14.8. The molecule has 2 saturated heterocycles. The number of hydrogen-bond donors (Lipinski definition) is 3. The second kappa shape index (κ2) is 20.4. The van der Waals surface area contributed by atoms with Crippen LogP contribution in [0.1, 0.15) is 65.0 Å². The lowest BCUT2D eigenvalue weighted by atomic mass is 9.87. The zero-order valence-electron chi connectivity index (χ0n) is 36.0. The molecule has 0 saturated carbocycles. The lowest BCUT2D eigenvalue weighted by Gasteiger charge is -2.30. The molecule has 0 radical (unpaired) electrons. The van der Waals surface area contributed by atoms with E-state index in [9.17, 15) is 14.4 Å². The molecular formula is C45H56Cl2N10O6. The Morgan fingerprint density at radius 3 is 2.35 bits per heavy atom. The lowest BCUT2D eigenvalue weighted by Crippen LogP contribution is -2.51. The van der Waals surface area contributed by atoms with Gasteiger partial charge in [0.15, 0.2) is 0 Å². The fourth-order valence-corrected chi connectivity index (χ4v) is 8.92. The van der Waals surface area contributed by atoms with Gasteiger partial charge in [-0.15, -0.1) is 0 Å². The molecule has 2 fully saturated rings. The van der Waals surface area contributed by atoms with Crippen molar-refractivity contribution in [2.75, 3.05) is 43.5 Å². The quantitative estimate of drug-likeness (QED) is 0.0620. The Balaban J connectivity index is 0.860. The molecule has 18 heteroatoms. The van der Waals surface area contributed by atoms with Gasteiger partial charge < -0.3 is 35.5 Å². The van der Waals surface area contributed by atoms with Crippen molar-refractivity contribution in [3.63, 3.8) is 0 Å². The highest BCUT2D eigenvalue weighted by Crippen LogP contribution is 2.44. The summed E-state index contributed by atoms with van der Waals surface area (Å²) in [6.07, 6.45) is 6.38. The van der Waals surface area contributed by atoms with Gasteiger partial charge in [-0.3, -0.25) is 4.79 Å². The van der Waals surface area contributed by atoms with E-state index < -0.39 is 35.8 Å². The van der Waals surface area contributed by atoms with Crippen molar-refractivity contribution in [2.45, 2.75) is 89.8 Å². The van der Waals surface area contributed by atoms with Crippen LogP contribution in [0.3, 0.4) is 0 Å². The largest absolute Gasteiger partial charge is 0.493 e. The molecule has 0 unspecified atom stereocenters. The molecule has 0 spiro atoms. The number of nitrogens with two attached hydrogens (primary N) is 1. The summed E-state index contributed by atoms with van der Waals surface area (Å²) in [4.78, 5) is 45.5. The Morgan fingerprint density at radius 2 is 1.70 bits per heavy atom. The number of halogens is 2. The second-order valence-corrected chi connectivity index (χ2v) is 17.5. The van der Waals surface area contributed by atoms with Crippen molar-refractivity contribution in [1.82, 2.24) is 34.0 Å². The number of amides is 1. The van der Waals surface area contributed by atoms with Crippen molar-refractivity contribution in [2.24, 2.45) is 17.6 Å². The first-order chi connectivity index (χ1) is 30.4. The number of rotatable bonds is 19. The maximum absolute atomic E-state index is 13.6. The van der Waals surface area contributed by atoms with Crippen LogP contribution in [0, 0.1) is 11.8 Å². The predicted octanol–water partition coefficient (Wildman–Crippen LogP) is 6.32. The lowest BCUT2D eigenvalue weighted by molar-refractivity contribution is -0.159. The molecule has 2 aliphatic heterocycles. The molecule has 3 aromatic carbocycles. The third-order valence-corrected chi connectivity index (χ3v) is 12.4. The maximum atomic E-state index is 13.6. The summed E-state index contributed by atoms with van der Waals surface area (Å²) in [7, 11) is 0. The van der Waals surface area contributed by atoms with E-state index >= 15 is 0 Å². The normalized spacial score (nSPS) is 20.1. The Morgan fingerprint density at radius 1 is 0.984 bits per heavy atom. The molecule has 4 N–H and O–H groups in total. The Hall–Kier alpha value is -5.42. The zero-order valence-corrected chi connectivity index (χ0v) is 37.5. The molecule has 0 aliphatic carbocycles. The van der Waals surface area contributed by atoms with Gasteiger partial charge in [0.25, 0.3) is 0 Å². The van der Waals surface area contributed by atoms with E-state index in [1.54, 1.807) is 24.0 Å². The highest BCUT2D eigenvalue weighted by molar-refractivity contribution is 6.35. The zero-order chi connectivity index (χ0) is 44.7.